The molecule has 0 fully saturated rings. The van der Waals surface area contributed by atoms with E-state index in [4.69, 9.17) is 9.84 Å². The van der Waals surface area contributed by atoms with E-state index in [-0.39, 0.29) is 72.8 Å². The molecule has 0 aliphatic carbocycles. The van der Waals surface area contributed by atoms with Crippen LogP contribution in [0, 0.1) is 28.3 Å². The zero-order chi connectivity index (χ0) is 14.1. The minimum Gasteiger partial charge on any atom is -0.502 e. The number of carboxylic acid groups (broad SMARTS) is 1. The summed E-state index contributed by atoms with van der Waals surface area (Å²) in [4.78, 5) is 22.9. The van der Waals surface area contributed by atoms with E-state index in [0.29, 0.717) is 6.42 Å². The molecule has 0 atom stereocenters. The maximum Gasteiger partial charge on any atom is 1.00 e. The molecule has 0 unspecified atom stereocenters. The molecule has 1 amide bonds. The summed E-state index contributed by atoms with van der Waals surface area (Å²) < 4.78 is 5.02. The van der Waals surface area contributed by atoms with Gasteiger partial charge in [0.25, 0.3) is 0 Å². The van der Waals surface area contributed by atoms with Gasteiger partial charge in [-0.3, -0.25) is 4.79 Å². The molecule has 0 rings (SSSR count). The van der Waals surface area contributed by atoms with Crippen LogP contribution in [-0.4, -0.2) is 34.2 Å². The number of carbonyl (C=O) groups excluding carboxylic acids is 1. The third-order valence-electron chi connectivity index (χ3n) is 1.29. The van der Waals surface area contributed by atoms with E-state index in [9.17, 15) is 9.59 Å². The van der Waals surface area contributed by atoms with Crippen LogP contribution in [0.25, 0.3) is 0 Å². The molecule has 0 heterocycles. The number of nitrogens with zero attached hydrogens (tertiary/aromatic N) is 1. The van der Waals surface area contributed by atoms with Crippen molar-refractivity contribution in [2.45, 2.75) is 46.6 Å². The van der Waals surface area contributed by atoms with Crippen LogP contribution in [0.15, 0.2) is 0 Å². The number of hydrogen-bond donors (Lipinski definition) is 1. The molecule has 0 aromatic rings. The van der Waals surface area contributed by atoms with Crippen LogP contribution in [0.4, 0.5) is 4.79 Å². The van der Waals surface area contributed by atoms with Gasteiger partial charge < -0.3 is 36.5 Å². The van der Waals surface area contributed by atoms with Crippen molar-refractivity contribution in [3.8, 4) is 0 Å². The van der Waals surface area contributed by atoms with E-state index >= 15 is 0 Å². The molecule has 0 aromatic carbocycles. The van der Waals surface area contributed by atoms with Gasteiger partial charge in [0.05, 0.1) is 0 Å². The SMILES string of the molecule is CC.[CH2-]CCN([CH-]C(=O)O)C(=O)OC(C)(C)C.[CH3-].[CH3-].[K+]. The Kier molecular flexibility index (Phi) is 27.9. The van der Waals surface area contributed by atoms with Crippen LogP contribution in [-0.2, 0) is 9.53 Å². The van der Waals surface area contributed by atoms with Crippen LogP contribution < -0.4 is 51.4 Å². The summed E-state index contributed by atoms with van der Waals surface area (Å²) in [6, 6.07) is 0. The number of ether oxygens (including phenoxy) is 1. The average molecular weight is 314 g/mol. The third-order valence-corrected chi connectivity index (χ3v) is 1.29. The van der Waals surface area contributed by atoms with Crippen LogP contribution in [0.3, 0.4) is 0 Å². The molecule has 0 saturated carbocycles. The summed E-state index contributed by atoms with van der Waals surface area (Å²) >= 11 is 0. The zero-order valence-corrected chi connectivity index (χ0v) is 17.4. The zero-order valence-electron chi connectivity index (χ0n) is 14.3. The molecular weight excluding hydrogens is 285 g/mol. The maximum absolute atomic E-state index is 11.5. The predicted molar refractivity (Wildman–Crippen MR) is 79.0 cm³/mol. The molecule has 0 aromatic heterocycles. The van der Waals surface area contributed by atoms with Gasteiger partial charge in [0, 0.05) is 0 Å². The Morgan fingerprint density at radius 1 is 1.25 bits per heavy atom. The molecule has 0 aliphatic rings. The first-order valence-corrected chi connectivity index (χ1v) is 5.63. The molecule has 0 aliphatic heterocycles. The Morgan fingerprint density at radius 3 is 1.90 bits per heavy atom. The average Bonchev–Trinajstić information content (AvgIpc) is 2.17. The second-order valence-electron chi connectivity index (χ2n) is 3.99. The minimum absolute atomic E-state index is 0. The number of amides is 1. The molecule has 118 valence electrons. The van der Waals surface area contributed by atoms with Gasteiger partial charge in [0.1, 0.15) is 5.60 Å². The quantitative estimate of drug-likeness (QED) is 0.610. The van der Waals surface area contributed by atoms with Crippen molar-refractivity contribution in [1.29, 1.82) is 0 Å². The molecule has 0 bridgehead atoms. The van der Waals surface area contributed by atoms with Gasteiger partial charge in [0.15, 0.2) is 5.97 Å². The van der Waals surface area contributed by atoms with Crippen molar-refractivity contribution in [2.24, 2.45) is 0 Å². The maximum atomic E-state index is 11.5. The van der Waals surface area contributed by atoms with Crippen LogP contribution in [0.5, 0.6) is 0 Å². The van der Waals surface area contributed by atoms with Crippen molar-refractivity contribution in [3.63, 3.8) is 0 Å². The van der Waals surface area contributed by atoms with Gasteiger partial charge in [-0.25, -0.2) is 4.79 Å². The van der Waals surface area contributed by atoms with Gasteiger partial charge in [-0.05, 0) is 27.3 Å². The summed E-state index contributed by atoms with van der Waals surface area (Å²) in [5.41, 5.74) is -0.636. The minimum atomic E-state index is -1.19. The first-order chi connectivity index (χ1) is 7.76. The fourth-order valence-electron chi connectivity index (χ4n) is 0.833. The molecule has 1 N–H and O–H groups in total. The number of hydrogen-bond acceptors (Lipinski definition) is 3. The molecular formula is C14H29KNO4-3. The Balaban J connectivity index is -0.000000143. The largest absolute Gasteiger partial charge is 1.00 e. The van der Waals surface area contributed by atoms with Gasteiger partial charge in [-0.15, -0.1) is 0 Å². The van der Waals surface area contributed by atoms with E-state index in [1.54, 1.807) is 20.8 Å². The predicted octanol–water partition coefficient (Wildman–Crippen LogP) is 0.625. The first kappa shape index (κ1) is 32.3. The smallest absolute Gasteiger partial charge is 0.502 e. The van der Waals surface area contributed by atoms with Crippen molar-refractivity contribution < 1.29 is 70.8 Å². The Morgan fingerprint density at radius 2 is 1.65 bits per heavy atom. The monoisotopic (exact) mass is 314 g/mol. The molecule has 0 radical (unpaired) electrons. The summed E-state index contributed by atoms with van der Waals surface area (Å²) in [6.07, 6.45) is -0.253. The fraction of sp³-hybridized carbons (Fsp3) is 0.571. The summed E-state index contributed by atoms with van der Waals surface area (Å²) in [7, 11) is 0. The molecule has 5 nitrogen and oxygen atoms in total. The standard InChI is InChI=1S/C10H17NO4.C2H6.2CH3.K/c1-5-6-11(7-8(12)13)9(14)15-10(2,3)4;1-2;;;/h7H,1,5-6H2,2-4H3,(H,12,13);1-2H3;2*1H3;/q-2;;2*-1;+1. The summed E-state index contributed by atoms with van der Waals surface area (Å²) in [6.45, 7) is 13.7. The van der Waals surface area contributed by atoms with E-state index in [2.05, 4.69) is 6.92 Å². The summed E-state index contributed by atoms with van der Waals surface area (Å²) in [5.74, 6) is -1.19. The van der Waals surface area contributed by atoms with Crippen molar-refractivity contribution >= 4 is 12.1 Å². The van der Waals surface area contributed by atoms with Crippen LogP contribution in [0.1, 0.15) is 41.0 Å². The number of aliphatic carboxylic acids is 1. The summed E-state index contributed by atoms with van der Waals surface area (Å²) in [5, 5.41) is 8.53. The topological polar surface area (TPSA) is 66.8 Å². The number of carbonyl (C=O) groups is 2. The second-order valence-corrected chi connectivity index (χ2v) is 3.99. The van der Waals surface area contributed by atoms with E-state index in [0.717, 1.165) is 11.4 Å². The van der Waals surface area contributed by atoms with Gasteiger partial charge in [0.2, 0.25) is 0 Å². The van der Waals surface area contributed by atoms with Crippen LogP contribution >= 0.6 is 0 Å². The molecule has 0 spiro atoms. The van der Waals surface area contributed by atoms with Gasteiger partial charge in [-0.2, -0.15) is 13.0 Å². The van der Waals surface area contributed by atoms with Crippen molar-refractivity contribution in [2.75, 3.05) is 6.54 Å². The van der Waals surface area contributed by atoms with Crippen molar-refractivity contribution in [3.05, 3.63) is 28.3 Å². The normalized spacial score (nSPS) is 8.30. The Hall–Kier alpha value is 0.246. The van der Waals surface area contributed by atoms with Gasteiger partial charge >= 0.3 is 57.5 Å². The fourth-order valence-corrected chi connectivity index (χ4v) is 0.833. The Labute approximate surface area is 167 Å². The first-order valence-electron chi connectivity index (χ1n) is 5.63. The van der Waals surface area contributed by atoms with Crippen molar-refractivity contribution in [1.82, 2.24) is 4.90 Å². The second kappa shape index (κ2) is 17.3. The van der Waals surface area contributed by atoms with E-state index in [1.165, 1.54) is 0 Å². The third kappa shape index (κ3) is 20.6. The van der Waals surface area contributed by atoms with E-state index < -0.39 is 17.7 Å². The van der Waals surface area contributed by atoms with Gasteiger partial charge in [-0.1, -0.05) is 13.8 Å². The number of rotatable bonds is 4. The Bertz CT molecular complexity index is 240. The van der Waals surface area contributed by atoms with Crippen LogP contribution in [0.2, 0.25) is 0 Å². The van der Waals surface area contributed by atoms with E-state index in [1.807, 2.05) is 13.8 Å². The number of carboxylic acids is 1. The molecule has 0 saturated heterocycles. The molecule has 20 heavy (non-hydrogen) atoms. The molecule has 6 heteroatoms.